The Hall–Kier alpha value is -2.85. The van der Waals surface area contributed by atoms with E-state index in [0.29, 0.717) is 11.3 Å². The zero-order valence-corrected chi connectivity index (χ0v) is 15.3. The number of carbonyl (C=O) groups is 1. The average Bonchev–Trinajstić information content (AvgIpc) is 2.63. The summed E-state index contributed by atoms with van der Waals surface area (Å²) in [6.07, 6.45) is 2.50. The molecule has 2 N–H and O–H groups in total. The molecule has 0 saturated carbocycles. The Morgan fingerprint density at radius 3 is 2.65 bits per heavy atom. The van der Waals surface area contributed by atoms with Gasteiger partial charge in [0.25, 0.3) is 5.91 Å². The fraction of sp³-hybridized carbons (Fsp3) is 0.143. The molecule has 0 aliphatic carbocycles. The van der Waals surface area contributed by atoms with Gasteiger partial charge in [-0.05, 0) is 55.3 Å². The summed E-state index contributed by atoms with van der Waals surface area (Å²) in [5.41, 5.74) is 3.52. The number of pyridine rings is 1. The first-order chi connectivity index (χ1) is 12.6. The summed E-state index contributed by atoms with van der Waals surface area (Å²) >= 11 is 5.99. The number of carbonyl (C=O) groups excluding carboxylic acids is 1. The van der Waals surface area contributed by atoms with Crippen molar-refractivity contribution in [1.82, 2.24) is 4.98 Å². The number of aryl methyl sites for hydroxylation is 1. The fourth-order valence-corrected chi connectivity index (χ4v) is 2.80. The molecule has 0 bridgehead atoms. The van der Waals surface area contributed by atoms with Gasteiger partial charge in [0.2, 0.25) is 0 Å². The van der Waals surface area contributed by atoms with Crippen molar-refractivity contribution >= 4 is 29.0 Å². The van der Waals surface area contributed by atoms with Crippen molar-refractivity contribution < 1.29 is 4.79 Å². The lowest BCUT2D eigenvalue weighted by atomic mass is 10.1. The standard InChI is InChI=1S/C21H20ClN3O/c1-15-4-2-6-17(12-15)21(26)25-19-8-9-20(24-14-19)23-11-10-16-5-3-7-18(22)13-16/h2-9,12-14H,10-11H2,1H3,(H,23,24)(H,25,26). The topological polar surface area (TPSA) is 54.0 Å². The predicted octanol–water partition coefficient (Wildman–Crippen LogP) is 4.95. The van der Waals surface area contributed by atoms with Gasteiger partial charge < -0.3 is 10.6 Å². The zero-order chi connectivity index (χ0) is 18.4. The Bertz CT molecular complexity index is 894. The van der Waals surface area contributed by atoms with Crippen LogP contribution in [0.5, 0.6) is 0 Å². The van der Waals surface area contributed by atoms with Crippen LogP contribution in [0.15, 0.2) is 66.9 Å². The van der Waals surface area contributed by atoms with Gasteiger partial charge in [-0.25, -0.2) is 4.98 Å². The van der Waals surface area contributed by atoms with Crippen LogP contribution in [0.4, 0.5) is 11.5 Å². The number of halogens is 1. The minimum atomic E-state index is -0.142. The van der Waals surface area contributed by atoms with Gasteiger partial charge in [-0.1, -0.05) is 41.4 Å². The number of amides is 1. The molecule has 0 unspecified atom stereocenters. The molecule has 3 rings (SSSR count). The number of rotatable bonds is 6. The van der Waals surface area contributed by atoms with Crippen molar-refractivity contribution in [1.29, 1.82) is 0 Å². The quantitative estimate of drug-likeness (QED) is 0.649. The highest BCUT2D eigenvalue weighted by molar-refractivity contribution is 6.30. The van der Waals surface area contributed by atoms with Crippen LogP contribution in [-0.4, -0.2) is 17.4 Å². The summed E-state index contributed by atoms with van der Waals surface area (Å²) in [7, 11) is 0. The molecule has 0 aliphatic heterocycles. The van der Waals surface area contributed by atoms with Crippen LogP contribution in [0, 0.1) is 6.92 Å². The van der Waals surface area contributed by atoms with Gasteiger partial charge in [0.1, 0.15) is 5.82 Å². The number of aromatic nitrogens is 1. The Labute approximate surface area is 158 Å². The predicted molar refractivity (Wildman–Crippen MR) is 107 cm³/mol. The average molecular weight is 366 g/mol. The van der Waals surface area contributed by atoms with E-state index in [1.54, 1.807) is 12.3 Å². The number of nitrogens with one attached hydrogen (secondary N) is 2. The highest BCUT2D eigenvalue weighted by Crippen LogP contribution is 2.14. The molecule has 1 aromatic heterocycles. The van der Waals surface area contributed by atoms with Crippen molar-refractivity contribution in [2.45, 2.75) is 13.3 Å². The molecule has 2 aromatic carbocycles. The maximum atomic E-state index is 12.2. The van der Waals surface area contributed by atoms with E-state index in [0.717, 1.165) is 29.4 Å². The van der Waals surface area contributed by atoms with E-state index in [1.165, 1.54) is 5.56 Å². The molecule has 3 aromatic rings. The normalized spacial score (nSPS) is 10.4. The lowest BCUT2D eigenvalue weighted by Crippen LogP contribution is -2.12. The fourth-order valence-electron chi connectivity index (χ4n) is 2.59. The number of hydrogen-bond acceptors (Lipinski definition) is 3. The summed E-state index contributed by atoms with van der Waals surface area (Å²) in [5, 5.41) is 6.87. The van der Waals surface area contributed by atoms with Crippen LogP contribution >= 0.6 is 11.6 Å². The Balaban J connectivity index is 1.52. The molecule has 0 fully saturated rings. The zero-order valence-electron chi connectivity index (χ0n) is 14.5. The van der Waals surface area contributed by atoms with Crippen LogP contribution in [0.25, 0.3) is 0 Å². The number of nitrogens with zero attached hydrogens (tertiary/aromatic N) is 1. The maximum Gasteiger partial charge on any atom is 0.255 e. The first-order valence-corrected chi connectivity index (χ1v) is 8.80. The molecule has 0 saturated heterocycles. The Morgan fingerprint density at radius 1 is 1.08 bits per heavy atom. The summed E-state index contributed by atoms with van der Waals surface area (Å²) in [5.74, 6) is 0.623. The summed E-state index contributed by atoms with van der Waals surface area (Å²) in [6.45, 7) is 2.71. The van der Waals surface area contributed by atoms with Crippen molar-refractivity contribution in [3.63, 3.8) is 0 Å². The molecule has 5 heteroatoms. The second-order valence-electron chi connectivity index (χ2n) is 6.06. The molecule has 1 heterocycles. The second kappa shape index (κ2) is 8.50. The molecule has 0 radical (unpaired) electrons. The van der Waals surface area contributed by atoms with E-state index in [-0.39, 0.29) is 5.91 Å². The number of anilines is 2. The number of benzene rings is 2. The first kappa shape index (κ1) is 18.0. The third-order valence-corrected chi connectivity index (χ3v) is 4.15. The van der Waals surface area contributed by atoms with Gasteiger partial charge in [-0.15, -0.1) is 0 Å². The van der Waals surface area contributed by atoms with E-state index < -0.39 is 0 Å². The van der Waals surface area contributed by atoms with E-state index in [1.807, 2.05) is 61.5 Å². The molecular weight excluding hydrogens is 346 g/mol. The van der Waals surface area contributed by atoms with Gasteiger partial charge in [0.05, 0.1) is 11.9 Å². The molecule has 0 aliphatic rings. The first-order valence-electron chi connectivity index (χ1n) is 8.42. The van der Waals surface area contributed by atoms with Crippen LogP contribution in [0.2, 0.25) is 5.02 Å². The highest BCUT2D eigenvalue weighted by atomic mass is 35.5. The highest BCUT2D eigenvalue weighted by Gasteiger charge is 2.06. The van der Waals surface area contributed by atoms with Crippen molar-refractivity contribution in [3.8, 4) is 0 Å². The number of hydrogen-bond donors (Lipinski definition) is 2. The SMILES string of the molecule is Cc1cccc(C(=O)Nc2ccc(NCCc3cccc(Cl)c3)nc2)c1. The van der Waals surface area contributed by atoms with Crippen LogP contribution in [0.3, 0.4) is 0 Å². The van der Waals surface area contributed by atoms with E-state index >= 15 is 0 Å². The van der Waals surface area contributed by atoms with Crippen LogP contribution < -0.4 is 10.6 Å². The van der Waals surface area contributed by atoms with E-state index in [9.17, 15) is 4.79 Å². The van der Waals surface area contributed by atoms with E-state index in [2.05, 4.69) is 15.6 Å². The molecule has 26 heavy (non-hydrogen) atoms. The molecule has 4 nitrogen and oxygen atoms in total. The minimum absolute atomic E-state index is 0.142. The van der Waals surface area contributed by atoms with Crippen molar-refractivity contribution in [2.75, 3.05) is 17.2 Å². The third-order valence-electron chi connectivity index (χ3n) is 3.91. The Morgan fingerprint density at radius 2 is 1.92 bits per heavy atom. The lowest BCUT2D eigenvalue weighted by Gasteiger charge is -2.08. The smallest absolute Gasteiger partial charge is 0.255 e. The van der Waals surface area contributed by atoms with Crippen LogP contribution in [-0.2, 0) is 6.42 Å². The largest absolute Gasteiger partial charge is 0.370 e. The summed E-state index contributed by atoms with van der Waals surface area (Å²) in [6, 6.07) is 19.0. The maximum absolute atomic E-state index is 12.2. The Kier molecular flexibility index (Phi) is 5.87. The van der Waals surface area contributed by atoms with Gasteiger partial charge in [0.15, 0.2) is 0 Å². The molecule has 132 valence electrons. The molecule has 0 atom stereocenters. The third kappa shape index (κ3) is 5.07. The van der Waals surface area contributed by atoms with Crippen molar-refractivity contribution in [3.05, 3.63) is 88.6 Å². The van der Waals surface area contributed by atoms with Crippen molar-refractivity contribution in [2.24, 2.45) is 0 Å². The van der Waals surface area contributed by atoms with Gasteiger partial charge in [-0.3, -0.25) is 4.79 Å². The minimum Gasteiger partial charge on any atom is -0.370 e. The van der Waals surface area contributed by atoms with Crippen LogP contribution in [0.1, 0.15) is 21.5 Å². The summed E-state index contributed by atoms with van der Waals surface area (Å²) in [4.78, 5) is 16.6. The summed E-state index contributed by atoms with van der Waals surface area (Å²) < 4.78 is 0. The van der Waals surface area contributed by atoms with Gasteiger partial charge in [0, 0.05) is 17.1 Å². The lowest BCUT2D eigenvalue weighted by molar-refractivity contribution is 0.102. The molecular formula is C21H20ClN3O. The van der Waals surface area contributed by atoms with Gasteiger partial charge in [-0.2, -0.15) is 0 Å². The molecule has 0 spiro atoms. The second-order valence-corrected chi connectivity index (χ2v) is 6.50. The van der Waals surface area contributed by atoms with Gasteiger partial charge >= 0.3 is 0 Å². The monoisotopic (exact) mass is 365 g/mol. The van der Waals surface area contributed by atoms with E-state index in [4.69, 9.17) is 11.6 Å². The molecule has 1 amide bonds.